The van der Waals surface area contributed by atoms with Gasteiger partial charge in [0.25, 0.3) is 0 Å². The van der Waals surface area contributed by atoms with Crippen LogP contribution in [0.5, 0.6) is 0 Å². The molecule has 0 heterocycles. The minimum absolute atomic E-state index is 0.112. The molecule has 22 heavy (non-hydrogen) atoms. The third-order valence-corrected chi connectivity index (χ3v) is 3.29. The lowest BCUT2D eigenvalue weighted by Crippen LogP contribution is -2.48. The van der Waals surface area contributed by atoms with Gasteiger partial charge in [0, 0.05) is 20.0 Å². The molecule has 0 radical (unpaired) electrons. The molecule has 0 atom stereocenters. The Balaban J connectivity index is 2.62. The lowest BCUT2D eigenvalue weighted by molar-refractivity contribution is -0.118. The van der Waals surface area contributed by atoms with Gasteiger partial charge in [0.15, 0.2) is 0 Å². The molecule has 5 nitrogen and oxygen atoms in total. The van der Waals surface area contributed by atoms with Crippen molar-refractivity contribution in [2.75, 3.05) is 13.1 Å². The molecule has 0 unspecified atom stereocenters. The molecule has 3 amide bonds. The minimum atomic E-state index is -0.510. The van der Waals surface area contributed by atoms with Crippen molar-refractivity contribution in [2.45, 2.75) is 33.2 Å². The summed E-state index contributed by atoms with van der Waals surface area (Å²) in [6.07, 6.45) is 0. The lowest BCUT2D eigenvalue weighted by Gasteiger charge is -2.27. The summed E-state index contributed by atoms with van der Waals surface area (Å²) < 4.78 is 0. The zero-order chi connectivity index (χ0) is 16.8. The highest BCUT2D eigenvalue weighted by Gasteiger charge is 2.22. The van der Waals surface area contributed by atoms with Gasteiger partial charge in [-0.25, -0.2) is 4.79 Å². The van der Waals surface area contributed by atoms with E-state index in [0.29, 0.717) is 13.1 Å². The summed E-state index contributed by atoms with van der Waals surface area (Å²) in [5, 5.41) is 8.28. The molecule has 120 valence electrons. The van der Waals surface area contributed by atoms with Crippen LogP contribution in [-0.4, -0.2) is 25.0 Å². The van der Waals surface area contributed by atoms with Crippen molar-refractivity contribution in [3.8, 4) is 0 Å². The van der Waals surface area contributed by atoms with Gasteiger partial charge in [0.2, 0.25) is 5.91 Å². The number of allylic oxidation sites excluding steroid dienone is 1. The van der Waals surface area contributed by atoms with Crippen LogP contribution in [0, 0.1) is 0 Å². The molecule has 1 aromatic carbocycles. The van der Waals surface area contributed by atoms with Crippen molar-refractivity contribution in [3.63, 3.8) is 0 Å². The van der Waals surface area contributed by atoms with Gasteiger partial charge in [-0.15, -0.1) is 0 Å². The van der Waals surface area contributed by atoms with Gasteiger partial charge in [-0.2, -0.15) is 0 Å². The summed E-state index contributed by atoms with van der Waals surface area (Å²) in [5.74, 6) is -0.112. The number of rotatable bonds is 6. The zero-order valence-corrected chi connectivity index (χ0v) is 13.7. The maximum atomic E-state index is 11.9. The minimum Gasteiger partial charge on any atom is -0.355 e. The molecule has 0 fully saturated rings. The number of hydrogen-bond donors (Lipinski definition) is 3. The molecule has 0 aliphatic carbocycles. The summed E-state index contributed by atoms with van der Waals surface area (Å²) >= 11 is 0. The van der Waals surface area contributed by atoms with Crippen LogP contribution in [0.4, 0.5) is 4.79 Å². The third-order valence-electron chi connectivity index (χ3n) is 3.29. The van der Waals surface area contributed by atoms with Crippen molar-refractivity contribution in [2.24, 2.45) is 0 Å². The molecule has 0 saturated carbocycles. The van der Waals surface area contributed by atoms with E-state index < -0.39 is 5.54 Å². The number of hydrogen-bond acceptors (Lipinski definition) is 2. The number of amides is 3. The van der Waals surface area contributed by atoms with Crippen molar-refractivity contribution in [3.05, 3.63) is 42.0 Å². The topological polar surface area (TPSA) is 70.2 Å². The molecule has 0 aliphatic rings. The molecular weight excluding hydrogens is 278 g/mol. The van der Waals surface area contributed by atoms with Gasteiger partial charge < -0.3 is 16.0 Å². The van der Waals surface area contributed by atoms with Crippen LogP contribution in [-0.2, 0) is 10.3 Å². The lowest BCUT2D eigenvalue weighted by atomic mass is 9.92. The SMILES string of the molecule is C=C(C)c1cccc(C(C)(C)NC(=O)NCCNC(C)=O)c1. The van der Waals surface area contributed by atoms with Gasteiger partial charge in [-0.3, -0.25) is 4.79 Å². The van der Waals surface area contributed by atoms with E-state index in [0.717, 1.165) is 16.7 Å². The van der Waals surface area contributed by atoms with Gasteiger partial charge >= 0.3 is 6.03 Å². The Kier molecular flexibility index (Phi) is 6.16. The Bertz CT molecular complexity index is 565. The van der Waals surface area contributed by atoms with Crippen molar-refractivity contribution in [1.82, 2.24) is 16.0 Å². The second-order valence-electron chi connectivity index (χ2n) is 5.85. The number of urea groups is 1. The quantitative estimate of drug-likeness (QED) is 0.706. The highest BCUT2D eigenvalue weighted by Crippen LogP contribution is 2.23. The summed E-state index contributed by atoms with van der Waals surface area (Å²) in [4.78, 5) is 22.7. The smallest absolute Gasteiger partial charge is 0.315 e. The molecule has 0 aromatic heterocycles. The molecule has 0 bridgehead atoms. The van der Waals surface area contributed by atoms with Crippen LogP contribution in [0.15, 0.2) is 30.8 Å². The van der Waals surface area contributed by atoms with E-state index in [4.69, 9.17) is 0 Å². The first-order valence-corrected chi connectivity index (χ1v) is 7.29. The van der Waals surface area contributed by atoms with Gasteiger partial charge in [0.1, 0.15) is 0 Å². The molecule has 0 saturated heterocycles. The number of benzene rings is 1. The van der Waals surface area contributed by atoms with E-state index in [1.165, 1.54) is 6.92 Å². The van der Waals surface area contributed by atoms with Gasteiger partial charge in [-0.1, -0.05) is 30.4 Å². The predicted molar refractivity (Wildman–Crippen MR) is 89.4 cm³/mol. The van der Waals surface area contributed by atoms with E-state index >= 15 is 0 Å². The Labute approximate surface area is 132 Å². The Morgan fingerprint density at radius 1 is 1.14 bits per heavy atom. The normalized spacial score (nSPS) is 10.7. The first kappa shape index (κ1) is 17.8. The molecule has 3 N–H and O–H groups in total. The Hall–Kier alpha value is -2.30. The average Bonchev–Trinajstić information content (AvgIpc) is 2.43. The maximum absolute atomic E-state index is 11.9. The highest BCUT2D eigenvalue weighted by atomic mass is 16.2. The van der Waals surface area contributed by atoms with Crippen LogP contribution >= 0.6 is 0 Å². The first-order valence-electron chi connectivity index (χ1n) is 7.29. The van der Waals surface area contributed by atoms with E-state index in [1.807, 2.05) is 45.0 Å². The van der Waals surface area contributed by atoms with E-state index in [-0.39, 0.29) is 11.9 Å². The van der Waals surface area contributed by atoms with E-state index in [1.54, 1.807) is 0 Å². The second-order valence-corrected chi connectivity index (χ2v) is 5.85. The predicted octanol–water partition coefficient (Wildman–Crippen LogP) is 2.39. The van der Waals surface area contributed by atoms with E-state index in [2.05, 4.69) is 22.5 Å². The molecular formula is C17H25N3O2. The fourth-order valence-corrected chi connectivity index (χ4v) is 1.99. The monoisotopic (exact) mass is 303 g/mol. The third kappa shape index (κ3) is 5.60. The molecule has 0 spiro atoms. The zero-order valence-electron chi connectivity index (χ0n) is 13.7. The molecule has 5 heteroatoms. The number of nitrogens with one attached hydrogen (secondary N) is 3. The van der Waals surface area contributed by atoms with Gasteiger partial charge in [-0.05, 0) is 38.0 Å². The molecule has 1 rings (SSSR count). The van der Waals surface area contributed by atoms with Crippen LogP contribution in [0.1, 0.15) is 38.8 Å². The van der Waals surface area contributed by atoms with Crippen molar-refractivity contribution in [1.29, 1.82) is 0 Å². The second kappa shape index (κ2) is 7.64. The number of carbonyl (C=O) groups excluding carboxylic acids is 2. The standard InChI is InChI=1S/C17H25N3O2/c1-12(2)14-7-6-8-15(11-14)17(4,5)20-16(22)19-10-9-18-13(3)21/h6-8,11H,1,9-10H2,2-5H3,(H,18,21)(H2,19,20,22). The van der Waals surface area contributed by atoms with Crippen LogP contribution in [0.3, 0.4) is 0 Å². The summed E-state index contributed by atoms with van der Waals surface area (Å²) in [7, 11) is 0. The van der Waals surface area contributed by atoms with Crippen LogP contribution < -0.4 is 16.0 Å². The molecule has 1 aromatic rings. The summed E-state index contributed by atoms with van der Waals surface area (Å²) in [6.45, 7) is 12.0. The average molecular weight is 303 g/mol. The first-order chi connectivity index (χ1) is 10.2. The van der Waals surface area contributed by atoms with E-state index in [9.17, 15) is 9.59 Å². The maximum Gasteiger partial charge on any atom is 0.315 e. The summed E-state index contributed by atoms with van der Waals surface area (Å²) in [6, 6.07) is 7.69. The van der Waals surface area contributed by atoms with Crippen molar-refractivity contribution >= 4 is 17.5 Å². The highest BCUT2D eigenvalue weighted by molar-refractivity contribution is 5.75. The molecule has 0 aliphatic heterocycles. The number of carbonyl (C=O) groups is 2. The van der Waals surface area contributed by atoms with Crippen LogP contribution in [0.2, 0.25) is 0 Å². The van der Waals surface area contributed by atoms with Crippen molar-refractivity contribution < 1.29 is 9.59 Å². The summed E-state index contributed by atoms with van der Waals surface area (Å²) in [5.41, 5.74) is 2.53. The van der Waals surface area contributed by atoms with Crippen LogP contribution in [0.25, 0.3) is 5.57 Å². The Morgan fingerprint density at radius 3 is 2.36 bits per heavy atom. The fraction of sp³-hybridized carbons (Fsp3) is 0.412. The van der Waals surface area contributed by atoms with Gasteiger partial charge in [0.05, 0.1) is 5.54 Å². The largest absolute Gasteiger partial charge is 0.355 e. The Morgan fingerprint density at radius 2 is 1.77 bits per heavy atom. The fourth-order valence-electron chi connectivity index (χ4n) is 1.99.